The molecular formula is C25H24ClN3O2S. The number of benzene rings is 3. The number of rotatable bonds is 5. The van der Waals surface area contributed by atoms with Gasteiger partial charge in [-0.3, -0.25) is 5.43 Å². The van der Waals surface area contributed by atoms with Gasteiger partial charge in [0, 0.05) is 11.6 Å². The smallest absolute Gasteiger partial charge is 0.345 e. The fourth-order valence-electron chi connectivity index (χ4n) is 3.90. The molecule has 7 heteroatoms. The largest absolute Gasteiger partial charge is 0.422 e. The molecule has 3 aromatic rings. The molecule has 0 aromatic heterocycles. The second kappa shape index (κ2) is 10.6. The molecule has 0 unspecified atom stereocenters. The lowest BCUT2D eigenvalue weighted by Gasteiger charge is -2.23. The third-order valence-electron chi connectivity index (χ3n) is 5.53. The van der Waals surface area contributed by atoms with E-state index in [2.05, 4.69) is 15.8 Å². The number of esters is 1. The topological polar surface area (TPSA) is 62.7 Å². The Morgan fingerprint density at radius 3 is 2.59 bits per heavy atom. The number of nitrogens with one attached hydrogen (secondary N) is 2. The summed E-state index contributed by atoms with van der Waals surface area (Å²) < 4.78 is 5.71. The number of halogens is 1. The summed E-state index contributed by atoms with van der Waals surface area (Å²) in [6, 6.07) is 18.7. The predicted molar refractivity (Wildman–Crippen MR) is 134 cm³/mol. The van der Waals surface area contributed by atoms with Crippen molar-refractivity contribution in [3.05, 3.63) is 76.8 Å². The summed E-state index contributed by atoms with van der Waals surface area (Å²) in [6.45, 7) is 0. The fourth-order valence-corrected chi connectivity index (χ4v) is 4.33. The van der Waals surface area contributed by atoms with E-state index < -0.39 is 5.97 Å². The molecular weight excluding hydrogens is 442 g/mol. The highest BCUT2D eigenvalue weighted by atomic mass is 35.5. The molecule has 2 N–H and O–H groups in total. The van der Waals surface area contributed by atoms with Gasteiger partial charge in [0.2, 0.25) is 0 Å². The van der Waals surface area contributed by atoms with Crippen molar-refractivity contribution in [3.63, 3.8) is 0 Å². The number of hydrazone groups is 1. The molecule has 32 heavy (non-hydrogen) atoms. The van der Waals surface area contributed by atoms with Crippen molar-refractivity contribution in [3.8, 4) is 5.75 Å². The molecule has 0 aliphatic heterocycles. The van der Waals surface area contributed by atoms with E-state index in [1.54, 1.807) is 36.5 Å². The summed E-state index contributed by atoms with van der Waals surface area (Å²) in [7, 11) is 0. The third kappa shape index (κ3) is 5.44. The highest BCUT2D eigenvalue weighted by Crippen LogP contribution is 2.28. The average Bonchev–Trinajstić information content (AvgIpc) is 2.81. The zero-order chi connectivity index (χ0) is 22.3. The van der Waals surface area contributed by atoms with Crippen molar-refractivity contribution in [2.45, 2.75) is 38.1 Å². The number of carbonyl (C=O) groups excluding carboxylic acids is 1. The van der Waals surface area contributed by atoms with Gasteiger partial charge in [0.1, 0.15) is 5.75 Å². The second-order valence-electron chi connectivity index (χ2n) is 7.75. The summed E-state index contributed by atoms with van der Waals surface area (Å²) in [4.78, 5) is 12.7. The van der Waals surface area contributed by atoms with E-state index in [1.807, 2.05) is 30.3 Å². The number of fused-ring (bicyclic) bond motifs is 1. The van der Waals surface area contributed by atoms with Crippen molar-refractivity contribution in [2.75, 3.05) is 0 Å². The highest BCUT2D eigenvalue weighted by Gasteiger charge is 2.16. The molecule has 5 nitrogen and oxygen atoms in total. The van der Waals surface area contributed by atoms with Crippen molar-refractivity contribution < 1.29 is 9.53 Å². The zero-order valence-electron chi connectivity index (χ0n) is 17.5. The van der Waals surface area contributed by atoms with Gasteiger partial charge in [-0.2, -0.15) is 5.10 Å². The van der Waals surface area contributed by atoms with E-state index >= 15 is 0 Å². The average molecular weight is 466 g/mol. The number of carbonyl (C=O) groups is 1. The predicted octanol–water partition coefficient (Wildman–Crippen LogP) is 5.84. The lowest BCUT2D eigenvalue weighted by Crippen LogP contribution is -2.40. The van der Waals surface area contributed by atoms with Gasteiger partial charge in [-0.25, -0.2) is 4.79 Å². The van der Waals surface area contributed by atoms with Crippen molar-refractivity contribution in [2.24, 2.45) is 5.10 Å². The number of hydrogen-bond donors (Lipinski definition) is 2. The maximum absolute atomic E-state index is 12.7. The SMILES string of the molecule is O=C(Oc1ccc2ccccc2c1/C=N/NC(=S)NC1CCCCC1)c1ccccc1Cl. The van der Waals surface area contributed by atoms with Gasteiger partial charge in [0.15, 0.2) is 5.11 Å². The highest BCUT2D eigenvalue weighted by molar-refractivity contribution is 7.80. The second-order valence-corrected chi connectivity index (χ2v) is 8.56. The molecule has 164 valence electrons. The quantitative estimate of drug-likeness (QED) is 0.163. The Morgan fingerprint density at radius 2 is 1.78 bits per heavy atom. The normalized spacial score (nSPS) is 14.4. The molecule has 1 fully saturated rings. The van der Waals surface area contributed by atoms with Crippen molar-refractivity contribution in [1.82, 2.24) is 10.7 Å². The maximum atomic E-state index is 12.7. The van der Waals surface area contributed by atoms with E-state index in [-0.39, 0.29) is 0 Å². The Labute approximate surface area is 197 Å². The first kappa shape index (κ1) is 22.2. The molecule has 0 atom stereocenters. The van der Waals surface area contributed by atoms with Crippen LogP contribution in [0.25, 0.3) is 10.8 Å². The molecule has 0 radical (unpaired) electrons. The fraction of sp³-hybridized carbons (Fsp3) is 0.240. The van der Waals surface area contributed by atoms with Crippen LogP contribution in [-0.4, -0.2) is 23.3 Å². The Kier molecular flexibility index (Phi) is 7.35. The molecule has 0 amide bonds. The lowest BCUT2D eigenvalue weighted by atomic mass is 9.96. The molecule has 3 aromatic carbocycles. The Hall–Kier alpha value is -2.96. The Balaban J connectivity index is 1.55. The van der Waals surface area contributed by atoms with Crippen LogP contribution in [0, 0.1) is 0 Å². The van der Waals surface area contributed by atoms with Crippen LogP contribution in [-0.2, 0) is 0 Å². The van der Waals surface area contributed by atoms with Crippen molar-refractivity contribution in [1.29, 1.82) is 0 Å². The first-order valence-electron chi connectivity index (χ1n) is 10.7. The molecule has 0 bridgehead atoms. The van der Waals surface area contributed by atoms with Crippen LogP contribution >= 0.6 is 23.8 Å². The first-order chi connectivity index (χ1) is 15.6. The van der Waals surface area contributed by atoms with E-state index in [0.717, 1.165) is 23.6 Å². The van der Waals surface area contributed by atoms with Crippen molar-refractivity contribution >= 4 is 51.9 Å². The van der Waals surface area contributed by atoms with Gasteiger partial charge < -0.3 is 10.1 Å². The standard InChI is InChI=1S/C25H24ClN3O2S/c26-22-13-7-6-12-20(22)24(30)31-23-15-14-17-8-4-5-11-19(17)21(23)16-27-29-25(32)28-18-9-2-1-3-10-18/h4-8,11-16,18H,1-3,9-10H2,(H2,28,29,32)/b27-16+. The van der Waals surface area contributed by atoms with Crippen LogP contribution in [0.3, 0.4) is 0 Å². The minimum atomic E-state index is -0.525. The van der Waals surface area contributed by atoms with Gasteiger partial charge in [-0.15, -0.1) is 0 Å². The van der Waals surface area contributed by atoms with E-state index in [9.17, 15) is 4.79 Å². The summed E-state index contributed by atoms with van der Waals surface area (Å²) in [6.07, 6.45) is 7.60. The Bertz CT molecular complexity index is 1160. The van der Waals surface area contributed by atoms with E-state index in [4.69, 9.17) is 28.6 Å². The molecule has 0 heterocycles. The number of thiocarbonyl (C=S) groups is 1. The van der Waals surface area contributed by atoms with Crippen LogP contribution in [0.5, 0.6) is 5.75 Å². The van der Waals surface area contributed by atoms with Crippen LogP contribution < -0.4 is 15.5 Å². The summed E-state index contributed by atoms with van der Waals surface area (Å²) >= 11 is 11.6. The van der Waals surface area contributed by atoms with Crippen LogP contribution in [0.4, 0.5) is 0 Å². The summed E-state index contributed by atoms with van der Waals surface area (Å²) in [5.41, 5.74) is 3.88. The minimum Gasteiger partial charge on any atom is -0.422 e. The van der Waals surface area contributed by atoms with E-state index in [0.29, 0.717) is 33.1 Å². The molecule has 0 spiro atoms. The van der Waals surface area contributed by atoms with Gasteiger partial charge >= 0.3 is 5.97 Å². The minimum absolute atomic E-state index is 0.307. The van der Waals surface area contributed by atoms with E-state index in [1.165, 1.54) is 19.3 Å². The Morgan fingerprint density at radius 1 is 1.03 bits per heavy atom. The van der Waals surface area contributed by atoms with Gasteiger partial charge in [-0.1, -0.05) is 73.3 Å². The number of ether oxygens (including phenoxy) is 1. The molecule has 0 saturated heterocycles. The third-order valence-corrected chi connectivity index (χ3v) is 6.07. The van der Waals surface area contributed by atoms with Crippen LogP contribution in [0.1, 0.15) is 48.0 Å². The molecule has 1 aliphatic rings. The van der Waals surface area contributed by atoms with Crippen LogP contribution in [0.2, 0.25) is 5.02 Å². The van der Waals surface area contributed by atoms with Gasteiger partial charge in [0.05, 0.1) is 16.8 Å². The van der Waals surface area contributed by atoms with Gasteiger partial charge in [-0.05, 0) is 54.0 Å². The molecule has 1 saturated carbocycles. The monoisotopic (exact) mass is 465 g/mol. The van der Waals surface area contributed by atoms with Gasteiger partial charge in [0.25, 0.3) is 0 Å². The summed E-state index contributed by atoms with van der Waals surface area (Å²) in [5, 5.41) is 10.4. The molecule has 4 rings (SSSR count). The number of nitrogens with zero attached hydrogens (tertiary/aromatic N) is 1. The first-order valence-corrected chi connectivity index (χ1v) is 11.5. The van der Waals surface area contributed by atoms with Crippen LogP contribution in [0.15, 0.2) is 65.8 Å². The summed E-state index contributed by atoms with van der Waals surface area (Å²) in [5.74, 6) is -0.131. The number of hydrogen-bond acceptors (Lipinski definition) is 4. The zero-order valence-corrected chi connectivity index (χ0v) is 19.1. The maximum Gasteiger partial charge on any atom is 0.345 e. The molecule has 1 aliphatic carbocycles. The lowest BCUT2D eigenvalue weighted by molar-refractivity contribution is 0.0735.